The van der Waals surface area contributed by atoms with Gasteiger partial charge in [0.15, 0.2) is 5.82 Å². The van der Waals surface area contributed by atoms with Crippen molar-refractivity contribution in [1.82, 2.24) is 15.1 Å². The molecule has 1 amide bonds. The lowest BCUT2D eigenvalue weighted by Gasteiger charge is -2.13. The van der Waals surface area contributed by atoms with E-state index >= 15 is 0 Å². The van der Waals surface area contributed by atoms with E-state index in [0.29, 0.717) is 16.6 Å². The largest absolute Gasteiger partial charge is 0.403 e. The van der Waals surface area contributed by atoms with Gasteiger partial charge in [-0.3, -0.25) is 9.32 Å². The fourth-order valence-electron chi connectivity index (χ4n) is 1.97. The number of amides is 1. The number of carbonyl (C=O) groups is 1. The number of rotatable bonds is 6. The lowest BCUT2D eigenvalue weighted by Crippen LogP contribution is -2.14. The van der Waals surface area contributed by atoms with Gasteiger partial charge in [0.05, 0.1) is 17.6 Å². The Morgan fingerprint density at radius 1 is 1.57 bits per heavy atom. The summed E-state index contributed by atoms with van der Waals surface area (Å²) in [6.07, 6.45) is 0. The number of hydrogen-bond acceptors (Lipinski definition) is 4. The van der Waals surface area contributed by atoms with Gasteiger partial charge in [0.1, 0.15) is 0 Å². The summed E-state index contributed by atoms with van der Waals surface area (Å²) < 4.78 is 16.4. The van der Waals surface area contributed by atoms with E-state index in [1.807, 2.05) is 13.0 Å². The molecule has 9 heteroatoms. The molecule has 1 unspecified atom stereocenters. The molecule has 21 heavy (non-hydrogen) atoms. The topological polar surface area (TPSA) is 130 Å². The highest BCUT2D eigenvalue weighted by molar-refractivity contribution is 7.50. The number of nitrogens with zero attached hydrogens (tertiary/aromatic N) is 1. The standard InChI is InChI=1S/C12H17N4O4P/c1-3-20-21(18,19)14-6-8-7(2)4-5-9-10(8)16-12(15-9)11(13)17/h4-5H,3,6H2,1-2H3,(H2,13,17)(H,15,16)(H2,14,18,19). The van der Waals surface area contributed by atoms with E-state index in [1.165, 1.54) is 0 Å². The van der Waals surface area contributed by atoms with Crippen LogP contribution in [0.15, 0.2) is 12.1 Å². The van der Waals surface area contributed by atoms with Gasteiger partial charge in [0.25, 0.3) is 5.91 Å². The summed E-state index contributed by atoms with van der Waals surface area (Å²) in [5.41, 5.74) is 7.93. The predicted molar refractivity (Wildman–Crippen MR) is 77.6 cm³/mol. The SMILES string of the molecule is CCOP(=O)(O)NCc1c(C)ccc2[nH]c(C(N)=O)nc12. The van der Waals surface area contributed by atoms with Crippen LogP contribution in [0.25, 0.3) is 11.0 Å². The van der Waals surface area contributed by atoms with Crippen LogP contribution in [-0.4, -0.2) is 27.4 Å². The monoisotopic (exact) mass is 312 g/mol. The first-order valence-corrected chi connectivity index (χ1v) is 7.92. The lowest BCUT2D eigenvalue weighted by atomic mass is 10.1. The molecular weight excluding hydrogens is 295 g/mol. The number of carbonyl (C=O) groups excluding carboxylic acids is 1. The van der Waals surface area contributed by atoms with Crippen LogP contribution in [0, 0.1) is 6.92 Å². The van der Waals surface area contributed by atoms with Gasteiger partial charge in [-0.1, -0.05) is 6.07 Å². The van der Waals surface area contributed by atoms with Gasteiger partial charge in [-0.2, -0.15) is 0 Å². The normalized spacial score (nSPS) is 14.2. The number of aromatic amines is 1. The molecule has 0 radical (unpaired) electrons. The van der Waals surface area contributed by atoms with E-state index in [4.69, 9.17) is 10.3 Å². The first-order chi connectivity index (χ1) is 9.84. The third-order valence-corrected chi connectivity index (χ3v) is 4.15. The van der Waals surface area contributed by atoms with Gasteiger partial charge < -0.3 is 15.6 Å². The van der Waals surface area contributed by atoms with Crippen molar-refractivity contribution in [3.8, 4) is 0 Å². The van der Waals surface area contributed by atoms with Crippen molar-refractivity contribution in [3.63, 3.8) is 0 Å². The molecule has 0 spiro atoms. The Morgan fingerprint density at radius 3 is 2.90 bits per heavy atom. The minimum atomic E-state index is -3.85. The van der Waals surface area contributed by atoms with Crippen LogP contribution in [0.3, 0.4) is 0 Å². The zero-order valence-electron chi connectivity index (χ0n) is 11.7. The maximum absolute atomic E-state index is 11.7. The summed E-state index contributed by atoms with van der Waals surface area (Å²) in [5, 5.41) is 2.47. The van der Waals surface area contributed by atoms with Crippen LogP contribution in [0.2, 0.25) is 0 Å². The number of hydrogen-bond donors (Lipinski definition) is 4. The number of nitrogens with two attached hydrogens (primary N) is 1. The zero-order chi connectivity index (χ0) is 15.6. The van der Waals surface area contributed by atoms with Gasteiger partial charge in [-0.05, 0) is 31.0 Å². The first-order valence-electron chi connectivity index (χ1n) is 6.34. The number of aromatic nitrogens is 2. The number of benzene rings is 1. The molecule has 0 saturated heterocycles. The summed E-state index contributed by atoms with van der Waals surface area (Å²) in [6.45, 7) is 3.68. The van der Waals surface area contributed by atoms with Crippen molar-refractivity contribution in [1.29, 1.82) is 0 Å². The quantitative estimate of drug-likeness (QED) is 0.593. The minimum absolute atomic E-state index is 0.0499. The Balaban J connectivity index is 2.36. The number of imidazole rings is 1. The van der Waals surface area contributed by atoms with Crippen LogP contribution in [0.5, 0.6) is 0 Å². The number of aryl methyl sites for hydroxylation is 1. The molecule has 2 aromatic rings. The molecule has 0 aliphatic heterocycles. The minimum Gasteiger partial charge on any atom is -0.363 e. The molecule has 5 N–H and O–H groups in total. The van der Waals surface area contributed by atoms with E-state index in [9.17, 15) is 14.3 Å². The Bertz CT molecular complexity index is 727. The third kappa shape index (κ3) is 3.48. The fraction of sp³-hybridized carbons (Fsp3) is 0.333. The summed E-state index contributed by atoms with van der Waals surface area (Å²) in [6, 6.07) is 3.60. The highest BCUT2D eigenvalue weighted by Crippen LogP contribution is 2.37. The number of fused-ring (bicyclic) bond motifs is 1. The molecule has 0 aliphatic carbocycles. The molecule has 1 aromatic carbocycles. The zero-order valence-corrected chi connectivity index (χ0v) is 12.6. The van der Waals surface area contributed by atoms with E-state index in [2.05, 4.69) is 15.1 Å². The van der Waals surface area contributed by atoms with Gasteiger partial charge in [-0.15, -0.1) is 0 Å². The van der Waals surface area contributed by atoms with Crippen LogP contribution in [0.1, 0.15) is 28.7 Å². The van der Waals surface area contributed by atoms with Crippen molar-refractivity contribution in [2.45, 2.75) is 20.4 Å². The van der Waals surface area contributed by atoms with E-state index in [0.717, 1.165) is 5.56 Å². The highest BCUT2D eigenvalue weighted by atomic mass is 31.2. The summed E-state index contributed by atoms with van der Waals surface area (Å²) in [5.74, 6) is -0.612. The second-order valence-corrected chi connectivity index (χ2v) is 6.10. The summed E-state index contributed by atoms with van der Waals surface area (Å²) in [4.78, 5) is 27.7. The van der Waals surface area contributed by atoms with Crippen LogP contribution < -0.4 is 10.8 Å². The molecule has 0 bridgehead atoms. The van der Waals surface area contributed by atoms with Crippen molar-refractivity contribution in [3.05, 3.63) is 29.1 Å². The molecule has 0 fully saturated rings. The van der Waals surface area contributed by atoms with E-state index < -0.39 is 13.7 Å². The van der Waals surface area contributed by atoms with Crippen LogP contribution in [0.4, 0.5) is 0 Å². The summed E-state index contributed by atoms with van der Waals surface area (Å²) >= 11 is 0. The molecular formula is C12H17N4O4P. The Labute approximate surface area is 121 Å². The molecule has 114 valence electrons. The van der Waals surface area contributed by atoms with Crippen molar-refractivity contribution in [2.24, 2.45) is 5.73 Å². The maximum Gasteiger partial charge on any atom is 0.403 e. The Hall–Kier alpha value is -1.73. The molecule has 0 saturated carbocycles. The molecule has 8 nitrogen and oxygen atoms in total. The number of H-pyrrole nitrogens is 1. The molecule has 2 rings (SSSR count). The second kappa shape index (κ2) is 5.95. The molecule has 1 heterocycles. The first kappa shape index (κ1) is 15.7. The Morgan fingerprint density at radius 2 is 2.29 bits per heavy atom. The van der Waals surface area contributed by atoms with Crippen molar-refractivity contribution >= 4 is 24.7 Å². The van der Waals surface area contributed by atoms with E-state index in [-0.39, 0.29) is 19.0 Å². The lowest BCUT2D eigenvalue weighted by molar-refractivity contribution is 0.0991. The smallest absolute Gasteiger partial charge is 0.363 e. The highest BCUT2D eigenvalue weighted by Gasteiger charge is 2.20. The van der Waals surface area contributed by atoms with Crippen molar-refractivity contribution < 1.29 is 18.8 Å². The second-order valence-electron chi connectivity index (χ2n) is 4.48. The van der Waals surface area contributed by atoms with Gasteiger partial charge in [0, 0.05) is 6.54 Å². The average molecular weight is 312 g/mol. The summed E-state index contributed by atoms with van der Waals surface area (Å²) in [7, 11) is -3.85. The number of nitrogens with one attached hydrogen (secondary N) is 2. The van der Waals surface area contributed by atoms with Gasteiger partial charge >= 0.3 is 7.75 Å². The third-order valence-electron chi connectivity index (χ3n) is 2.99. The van der Waals surface area contributed by atoms with Gasteiger partial charge in [0.2, 0.25) is 0 Å². The van der Waals surface area contributed by atoms with E-state index in [1.54, 1.807) is 13.0 Å². The van der Waals surface area contributed by atoms with Crippen LogP contribution in [-0.2, 0) is 15.6 Å². The van der Waals surface area contributed by atoms with Crippen LogP contribution >= 0.6 is 7.75 Å². The van der Waals surface area contributed by atoms with Crippen molar-refractivity contribution in [2.75, 3.05) is 6.61 Å². The maximum atomic E-state index is 11.7. The molecule has 1 atom stereocenters. The molecule has 0 aliphatic rings. The predicted octanol–water partition coefficient (Wildman–Crippen LogP) is 1.20. The number of primary amides is 1. The molecule has 1 aromatic heterocycles. The van der Waals surface area contributed by atoms with Gasteiger partial charge in [-0.25, -0.2) is 14.6 Å². The Kier molecular flexibility index (Phi) is 4.43. The average Bonchev–Trinajstić information content (AvgIpc) is 2.81. The fourth-order valence-corrected chi connectivity index (χ4v) is 2.77.